The SMILES string of the molecule is CCO[Si](OCC)(OCC)c1ccc(Cn2cc[n+](C3CCCCC3)c2)cc1.[Cl-]. The van der Waals surface area contributed by atoms with Crippen LogP contribution in [0.5, 0.6) is 0 Å². The van der Waals surface area contributed by atoms with Crippen LogP contribution in [0.1, 0.15) is 64.5 Å². The lowest BCUT2D eigenvalue weighted by molar-refractivity contribution is -0.725. The normalized spacial score (nSPS) is 15.3. The average Bonchev–Trinajstić information content (AvgIpc) is 3.18. The van der Waals surface area contributed by atoms with Crippen molar-refractivity contribution in [1.82, 2.24) is 4.57 Å². The summed E-state index contributed by atoms with van der Waals surface area (Å²) in [7, 11) is -2.82. The van der Waals surface area contributed by atoms with Crippen molar-refractivity contribution >= 4 is 14.0 Å². The Morgan fingerprint density at radius 3 is 2.07 bits per heavy atom. The van der Waals surface area contributed by atoms with E-state index >= 15 is 0 Å². The lowest BCUT2D eigenvalue weighted by Gasteiger charge is -2.28. The summed E-state index contributed by atoms with van der Waals surface area (Å²) in [5.41, 5.74) is 1.27. The number of hydrogen-bond donors (Lipinski definition) is 0. The van der Waals surface area contributed by atoms with Gasteiger partial charge in [0.2, 0.25) is 6.33 Å². The molecule has 0 spiro atoms. The van der Waals surface area contributed by atoms with Crippen molar-refractivity contribution in [3.63, 3.8) is 0 Å². The van der Waals surface area contributed by atoms with Crippen LogP contribution in [0.15, 0.2) is 43.0 Å². The maximum absolute atomic E-state index is 6.01. The Labute approximate surface area is 182 Å². The van der Waals surface area contributed by atoms with Crippen molar-refractivity contribution in [2.24, 2.45) is 0 Å². The maximum Gasteiger partial charge on any atom is 0.537 e. The van der Waals surface area contributed by atoms with Crippen molar-refractivity contribution in [2.45, 2.75) is 65.5 Å². The molecule has 0 saturated heterocycles. The summed E-state index contributed by atoms with van der Waals surface area (Å²) in [6.45, 7) is 8.58. The predicted molar refractivity (Wildman–Crippen MR) is 113 cm³/mol. The third kappa shape index (κ3) is 6.15. The van der Waals surface area contributed by atoms with E-state index in [1.54, 1.807) is 0 Å². The van der Waals surface area contributed by atoms with Gasteiger partial charge in [0.15, 0.2) is 0 Å². The summed E-state index contributed by atoms with van der Waals surface area (Å²) in [6.07, 6.45) is 13.4. The van der Waals surface area contributed by atoms with Gasteiger partial charge in [-0.2, -0.15) is 0 Å². The molecule has 0 radical (unpaired) electrons. The summed E-state index contributed by atoms with van der Waals surface area (Å²) in [5.74, 6) is 0. The van der Waals surface area contributed by atoms with Gasteiger partial charge in [0.1, 0.15) is 25.0 Å². The molecule has 0 amide bonds. The highest BCUT2D eigenvalue weighted by molar-refractivity contribution is 6.75. The van der Waals surface area contributed by atoms with Crippen LogP contribution in [0.3, 0.4) is 0 Å². The molecular weight excluding hydrogens is 404 g/mol. The van der Waals surface area contributed by atoms with Gasteiger partial charge in [-0.15, -0.1) is 0 Å². The second-order valence-electron chi connectivity index (χ2n) is 7.38. The smallest absolute Gasteiger partial charge is 0.537 e. The summed E-state index contributed by atoms with van der Waals surface area (Å²) in [4.78, 5) is 0. The fraction of sp³-hybridized carbons (Fsp3) is 0.591. The Morgan fingerprint density at radius 1 is 0.931 bits per heavy atom. The molecular formula is C22H35ClN2O3Si. The molecule has 162 valence electrons. The van der Waals surface area contributed by atoms with Gasteiger partial charge in [-0.25, -0.2) is 9.13 Å². The van der Waals surface area contributed by atoms with Gasteiger partial charge < -0.3 is 25.7 Å². The van der Waals surface area contributed by atoms with Crippen LogP contribution in [0.25, 0.3) is 0 Å². The minimum Gasteiger partial charge on any atom is -1.00 e. The third-order valence-corrected chi connectivity index (χ3v) is 8.43. The first-order valence-corrected chi connectivity index (χ1v) is 12.5. The minimum atomic E-state index is -2.82. The Bertz CT molecular complexity index is 700. The quantitative estimate of drug-likeness (QED) is 0.402. The molecule has 5 nitrogen and oxygen atoms in total. The lowest BCUT2D eigenvalue weighted by Crippen LogP contribution is -3.00. The van der Waals surface area contributed by atoms with E-state index in [-0.39, 0.29) is 12.4 Å². The highest BCUT2D eigenvalue weighted by Crippen LogP contribution is 2.23. The van der Waals surface area contributed by atoms with E-state index in [0.717, 1.165) is 11.7 Å². The zero-order valence-electron chi connectivity index (χ0n) is 18.0. The molecule has 1 aliphatic carbocycles. The number of aromatic nitrogens is 2. The average molecular weight is 439 g/mol. The van der Waals surface area contributed by atoms with E-state index in [4.69, 9.17) is 13.3 Å². The number of halogens is 1. The van der Waals surface area contributed by atoms with E-state index in [1.807, 2.05) is 20.8 Å². The zero-order valence-corrected chi connectivity index (χ0v) is 19.7. The molecule has 0 unspecified atom stereocenters. The fourth-order valence-electron chi connectivity index (χ4n) is 4.07. The highest BCUT2D eigenvalue weighted by atomic mass is 35.5. The first-order valence-electron chi connectivity index (χ1n) is 10.8. The molecule has 1 saturated carbocycles. The van der Waals surface area contributed by atoms with Crippen molar-refractivity contribution in [3.8, 4) is 0 Å². The molecule has 0 bridgehead atoms. The van der Waals surface area contributed by atoms with Crippen LogP contribution in [0.2, 0.25) is 0 Å². The van der Waals surface area contributed by atoms with Gasteiger partial charge in [0.25, 0.3) is 0 Å². The van der Waals surface area contributed by atoms with Crippen molar-refractivity contribution in [2.75, 3.05) is 19.8 Å². The summed E-state index contributed by atoms with van der Waals surface area (Å²) >= 11 is 0. The first-order chi connectivity index (χ1) is 13.7. The zero-order chi connectivity index (χ0) is 19.8. The number of imidazole rings is 1. The molecule has 1 aliphatic rings. The van der Waals surface area contributed by atoms with Gasteiger partial charge >= 0.3 is 8.80 Å². The number of hydrogen-bond acceptors (Lipinski definition) is 3. The molecule has 0 aliphatic heterocycles. The minimum absolute atomic E-state index is 0. The molecule has 0 atom stereocenters. The molecule has 0 N–H and O–H groups in total. The Hall–Kier alpha value is -1.18. The number of rotatable bonds is 10. The van der Waals surface area contributed by atoms with E-state index in [2.05, 4.69) is 52.1 Å². The van der Waals surface area contributed by atoms with Crippen LogP contribution in [0, 0.1) is 0 Å². The number of benzene rings is 1. The molecule has 1 fully saturated rings. The van der Waals surface area contributed by atoms with Crippen LogP contribution < -0.4 is 22.2 Å². The summed E-state index contributed by atoms with van der Waals surface area (Å²) in [6, 6.07) is 9.23. The predicted octanol–water partition coefficient (Wildman–Crippen LogP) is 0.589. The Balaban J connectivity index is 0.00000300. The van der Waals surface area contributed by atoms with Gasteiger partial charge in [0.05, 0.1) is 0 Å². The first kappa shape index (κ1) is 24.1. The molecule has 29 heavy (non-hydrogen) atoms. The molecule has 7 heteroatoms. The second-order valence-corrected chi connectivity index (χ2v) is 9.93. The topological polar surface area (TPSA) is 36.5 Å². The third-order valence-electron chi connectivity index (χ3n) is 5.38. The molecule has 1 aromatic carbocycles. The van der Waals surface area contributed by atoms with Crippen LogP contribution in [-0.4, -0.2) is 33.2 Å². The number of nitrogens with zero attached hydrogens (tertiary/aromatic N) is 2. The second kappa shape index (κ2) is 11.9. The van der Waals surface area contributed by atoms with Gasteiger partial charge in [-0.3, -0.25) is 0 Å². The van der Waals surface area contributed by atoms with Crippen LogP contribution >= 0.6 is 0 Å². The lowest BCUT2D eigenvalue weighted by atomic mass is 9.95. The molecule has 3 rings (SSSR count). The fourth-order valence-corrected chi connectivity index (χ4v) is 6.53. The van der Waals surface area contributed by atoms with Crippen molar-refractivity contribution < 1.29 is 30.3 Å². The van der Waals surface area contributed by atoms with Gasteiger partial charge in [-0.05, 0) is 52.0 Å². The monoisotopic (exact) mass is 438 g/mol. The molecule has 2 aromatic rings. The van der Waals surface area contributed by atoms with Crippen LogP contribution in [-0.2, 0) is 19.8 Å². The van der Waals surface area contributed by atoms with E-state index in [0.29, 0.717) is 25.9 Å². The Morgan fingerprint density at radius 2 is 1.52 bits per heavy atom. The van der Waals surface area contributed by atoms with Crippen molar-refractivity contribution in [3.05, 3.63) is 48.5 Å². The molecule has 1 aromatic heterocycles. The summed E-state index contributed by atoms with van der Waals surface area (Å²) in [5, 5.41) is 1.03. The van der Waals surface area contributed by atoms with Crippen molar-refractivity contribution in [1.29, 1.82) is 0 Å². The largest absolute Gasteiger partial charge is 1.00 e. The standard InChI is InChI=1S/C22H35N2O3Si.ClH/c1-4-25-28(26-5-2,27-6-3)22-14-12-20(13-15-22)18-23-16-17-24(19-23)21-10-8-7-9-11-21;/h12-17,19,21H,4-11,18H2,1-3H3;1H/q+1;/p-1. The maximum atomic E-state index is 6.01. The highest BCUT2D eigenvalue weighted by Gasteiger charge is 2.43. The summed E-state index contributed by atoms with van der Waals surface area (Å²) < 4.78 is 22.7. The Kier molecular flexibility index (Phi) is 9.85. The molecule has 1 heterocycles. The van der Waals surface area contributed by atoms with E-state index in [9.17, 15) is 0 Å². The van der Waals surface area contributed by atoms with E-state index in [1.165, 1.54) is 37.7 Å². The van der Waals surface area contributed by atoms with E-state index < -0.39 is 8.80 Å². The van der Waals surface area contributed by atoms with Gasteiger partial charge in [0, 0.05) is 25.0 Å². The van der Waals surface area contributed by atoms with Crippen LogP contribution in [0.4, 0.5) is 0 Å². The van der Waals surface area contributed by atoms with Gasteiger partial charge in [-0.1, -0.05) is 30.7 Å².